The Balaban J connectivity index is 2.79. The van der Waals surface area contributed by atoms with Crippen molar-refractivity contribution in [3.05, 3.63) is 11.3 Å². The Bertz CT molecular complexity index is 686. The molecule has 0 amide bonds. The van der Waals surface area contributed by atoms with Crippen molar-refractivity contribution in [3.63, 3.8) is 0 Å². The van der Waals surface area contributed by atoms with Crippen LogP contribution in [0.25, 0.3) is 0 Å². The quantitative estimate of drug-likeness (QED) is 0.186. The van der Waals surface area contributed by atoms with E-state index in [1.54, 1.807) is 0 Å². The molecule has 0 radical (unpaired) electrons. The van der Waals surface area contributed by atoms with Gasteiger partial charge in [0.05, 0.1) is 21.3 Å². The standard InChI is InChI=1S/C25H42N2O6/c1-5-6-7-8-10-13-16-19-20(17-14-11-9-12-15-18-21(28)31-2)23(25(30)33-4)27-26-22(19)24(29)32-3/h19,27H,5-18H2,1-4H3. The number of hydrogen-bond donors (Lipinski definition) is 1. The van der Waals surface area contributed by atoms with Crippen molar-refractivity contribution < 1.29 is 28.6 Å². The van der Waals surface area contributed by atoms with Gasteiger partial charge >= 0.3 is 17.9 Å². The fourth-order valence-corrected chi connectivity index (χ4v) is 4.13. The SMILES string of the molecule is CCCCCCCCC1C(C(=O)OC)=NNC(C(=O)OC)=C1CCCCCCCC(=O)OC. The van der Waals surface area contributed by atoms with Crippen LogP contribution in [0.15, 0.2) is 16.4 Å². The largest absolute Gasteiger partial charge is 0.469 e. The van der Waals surface area contributed by atoms with Crippen LogP contribution in [0.5, 0.6) is 0 Å². The van der Waals surface area contributed by atoms with Crippen LogP contribution in [0.3, 0.4) is 0 Å². The molecule has 1 N–H and O–H groups in total. The number of esters is 3. The molecule has 8 nitrogen and oxygen atoms in total. The van der Waals surface area contributed by atoms with Crippen LogP contribution >= 0.6 is 0 Å². The third-order valence-corrected chi connectivity index (χ3v) is 6.05. The molecule has 33 heavy (non-hydrogen) atoms. The van der Waals surface area contributed by atoms with Gasteiger partial charge in [-0.05, 0) is 31.3 Å². The molecule has 1 unspecified atom stereocenters. The first kappa shape index (κ1) is 28.7. The van der Waals surface area contributed by atoms with Crippen LogP contribution in [-0.4, -0.2) is 44.9 Å². The van der Waals surface area contributed by atoms with E-state index in [2.05, 4.69) is 22.2 Å². The second-order valence-electron chi connectivity index (χ2n) is 8.45. The summed E-state index contributed by atoms with van der Waals surface area (Å²) in [6, 6.07) is 0. The van der Waals surface area contributed by atoms with Gasteiger partial charge in [-0.3, -0.25) is 10.2 Å². The minimum Gasteiger partial charge on any atom is -0.469 e. The van der Waals surface area contributed by atoms with Crippen LogP contribution in [0.4, 0.5) is 0 Å². The Morgan fingerprint density at radius 2 is 1.39 bits per heavy atom. The number of allylic oxidation sites excluding steroid dienone is 1. The number of methoxy groups -OCH3 is 3. The summed E-state index contributed by atoms with van der Waals surface area (Å²) in [6.45, 7) is 2.19. The van der Waals surface area contributed by atoms with Crippen molar-refractivity contribution in [1.82, 2.24) is 5.43 Å². The van der Waals surface area contributed by atoms with E-state index in [1.807, 2.05) is 0 Å². The molecule has 0 fully saturated rings. The Labute approximate surface area is 198 Å². The molecule has 0 aliphatic carbocycles. The van der Waals surface area contributed by atoms with Crippen LogP contribution in [0, 0.1) is 5.92 Å². The number of hydrogen-bond acceptors (Lipinski definition) is 8. The average Bonchev–Trinajstić information content (AvgIpc) is 2.84. The summed E-state index contributed by atoms with van der Waals surface area (Å²) >= 11 is 0. The van der Waals surface area contributed by atoms with Gasteiger partial charge in [0.1, 0.15) is 5.70 Å². The molecule has 0 saturated heterocycles. The van der Waals surface area contributed by atoms with Gasteiger partial charge in [-0.25, -0.2) is 9.59 Å². The maximum absolute atomic E-state index is 12.4. The predicted molar refractivity (Wildman–Crippen MR) is 127 cm³/mol. The van der Waals surface area contributed by atoms with Gasteiger partial charge in [-0.15, -0.1) is 0 Å². The van der Waals surface area contributed by atoms with Gasteiger partial charge in [-0.2, -0.15) is 5.10 Å². The lowest BCUT2D eigenvalue weighted by atomic mass is 9.83. The zero-order valence-electron chi connectivity index (χ0n) is 20.9. The summed E-state index contributed by atoms with van der Waals surface area (Å²) in [5.74, 6) is -1.37. The summed E-state index contributed by atoms with van der Waals surface area (Å²) in [6.07, 6.45) is 13.3. The molecular weight excluding hydrogens is 424 g/mol. The molecule has 1 rings (SSSR count). The molecule has 1 aliphatic rings. The number of rotatable bonds is 17. The van der Waals surface area contributed by atoms with Gasteiger partial charge in [0.25, 0.3) is 0 Å². The van der Waals surface area contributed by atoms with E-state index < -0.39 is 11.9 Å². The summed E-state index contributed by atoms with van der Waals surface area (Å²) in [4.78, 5) is 36.0. The Hall–Kier alpha value is -2.38. The second kappa shape index (κ2) is 17.1. The fraction of sp³-hybridized carbons (Fsp3) is 0.760. The van der Waals surface area contributed by atoms with Gasteiger partial charge in [0, 0.05) is 12.3 Å². The first-order chi connectivity index (χ1) is 16.0. The third kappa shape index (κ3) is 10.4. The number of hydrazone groups is 1. The molecule has 0 aromatic rings. The molecule has 0 aromatic carbocycles. The highest BCUT2D eigenvalue weighted by molar-refractivity contribution is 6.38. The van der Waals surface area contributed by atoms with Crippen molar-refractivity contribution in [2.24, 2.45) is 11.0 Å². The van der Waals surface area contributed by atoms with Gasteiger partial charge < -0.3 is 14.2 Å². The van der Waals surface area contributed by atoms with Crippen molar-refractivity contribution in [2.75, 3.05) is 21.3 Å². The number of nitrogens with zero attached hydrogens (tertiary/aromatic N) is 1. The highest BCUT2D eigenvalue weighted by atomic mass is 16.5. The minimum atomic E-state index is -0.470. The zero-order valence-corrected chi connectivity index (χ0v) is 20.9. The summed E-state index contributed by atoms with van der Waals surface area (Å²) in [5.41, 5.74) is 4.30. The monoisotopic (exact) mass is 466 g/mol. The fourth-order valence-electron chi connectivity index (χ4n) is 4.13. The first-order valence-electron chi connectivity index (χ1n) is 12.3. The molecule has 188 valence electrons. The molecule has 0 spiro atoms. The lowest BCUT2D eigenvalue weighted by Crippen LogP contribution is -2.37. The maximum Gasteiger partial charge on any atom is 0.355 e. The Morgan fingerprint density at radius 1 is 0.788 bits per heavy atom. The second-order valence-corrected chi connectivity index (χ2v) is 8.45. The van der Waals surface area contributed by atoms with Crippen LogP contribution in [-0.2, 0) is 28.6 Å². The maximum atomic E-state index is 12.4. The van der Waals surface area contributed by atoms with E-state index in [-0.39, 0.29) is 11.9 Å². The summed E-state index contributed by atoms with van der Waals surface area (Å²) in [5, 5.41) is 4.19. The van der Waals surface area contributed by atoms with Gasteiger partial charge in [0.2, 0.25) is 0 Å². The lowest BCUT2D eigenvalue weighted by Gasteiger charge is -2.27. The number of ether oxygens (including phenoxy) is 3. The molecule has 1 atom stereocenters. The molecule has 1 aliphatic heterocycles. The third-order valence-electron chi connectivity index (χ3n) is 6.05. The van der Waals surface area contributed by atoms with Gasteiger partial charge in [0.15, 0.2) is 5.71 Å². The van der Waals surface area contributed by atoms with E-state index in [1.165, 1.54) is 40.6 Å². The van der Waals surface area contributed by atoms with E-state index in [0.29, 0.717) is 24.3 Å². The number of carbonyl (C=O) groups excluding carboxylic acids is 3. The van der Waals surface area contributed by atoms with Crippen molar-refractivity contribution in [3.8, 4) is 0 Å². The number of carbonyl (C=O) groups is 3. The van der Waals surface area contributed by atoms with Crippen LogP contribution in [0.1, 0.15) is 96.8 Å². The lowest BCUT2D eigenvalue weighted by molar-refractivity contribution is -0.140. The smallest absolute Gasteiger partial charge is 0.355 e. The normalized spacial score (nSPS) is 15.5. The molecular formula is C25H42N2O6. The molecule has 8 heteroatoms. The van der Waals surface area contributed by atoms with E-state index in [9.17, 15) is 14.4 Å². The topological polar surface area (TPSA) is 103 Å². The van der Waals surface area contributed by atoms with E-state index in [4.69, 9.17) is 9.47 Å². The minimum absolute atomic E-state index is 0.177. The molecule has 0 bridgehead atoms. The predicted octanol–water partition coefficient (Wildman–Crippen LogP) is 4.82. The zero-order chi connectivity index (χ0) is 24.5. The van der Waals surface area contributed by atoms with Crippen LogP contribution < -0.4 is 5.43 Å². The highest BCUT2D eigenvalue weighted by Crippen LogP contribution is 2.31. The van der Waals surface area contributed by atoms with E-state index in [0.717, 1.165) is 63.4 Å². The number of unbranched alkanes of at least 4 members (excludes halogenated alkanes) is 9. The molecule has 1 heterocycles. The molecule has 0 aromatic heterocycles. The van der Waals surface area contributed by atoms with Gasteiger partial charge in [-0.1, -0.05) is 64.7 Å². The average molecular weight is 467 g/mol. The van der Waals surface area contributed by atoms with Crippen molar-refractivity contribution >= 4 is 23.6 Å². The van der Waals surface area contributed by atoms with Crippen LogP contribution in [0.2, 0.25) is 0 Å². The van der Waals surface area contributed by atoms with E-state index >= 15 is 0 Å². The number of nitrogens with one attached hydrogen (secondary N) is 1. The Kier molecular flexibility index (Phi) is 14.9. The first-order valence-corrected chi connectivity index (χ1v) is 12.3. The van der Waals surface area contributed by atoms with Crippen molar-refractivity contribution in [2.45, 2.75) is 96.8 Å². The summed E-state index contributed by atoms with van der Waals surface area (Å²) in [7, 11) is 4.10. The van der Waals surface area contributed by atoms with Crippen molar-refractivity contribution in [1.29, 1.82) is 0 Å². The Morgan fingerprint density at radius 3 is 2.03 bits per heavy atom. The summed E-state index contributed by atoms with van der Waals surface area (Å²) < 4.78 is 14.6. The highest BCUT2D eigenvalue weighted by Gasteiger charge is 2.34. The molecule has 0 saturated carbocycles.